The number of aryl methyl sites for hydroxylation is 1. The highest BCUT2D eigenvalue weighted by molar-refractivity contribution is 6.15. The molecule has 6 nitrogen and oxygen atoms in total. The van der Waals surface area contributed by atoms with E-state index in [0.717, 1.165) is 5.56 Å². The molecule has 1 amide bonds. The molecule has 122 valence electrons. The van der Waals surface area contributed by atoms with E-state index in [0.29, 0.717) is 11.3 Å². The highest BCUT2D eigenvalue weighted by Crippen LogP contribution is 2.58. The van der Waals surface area contributed by atoms with Gasteiger partial charge in [0.05, 0.1) is 5.56 Å². The summed E-state index contributed by atoms with van der Waals surface area (Å²) in [5.41, 5.74) is 6.23. The Morgan fingerprint density at radius 3 is 2.71 bits per heavy atom. The third-order valence-corrected chi connectivity index (χ3v) is 4.70. The Hall–Kier alpha value is -2.86. The molecule has 0 bridgehead atoms. The number of aliphatic hydroxyl groups is 1. The monoisotopic (exact) mass is 324 g/mol. The van der Waals surface area contributed by atoms with Crippen molar-refractivity contribution in [2.24, 2.45) is 0 Å². The van der Waals surface area contributed by atoms with Crippen molar-refractivity contribution in [3.63, 3.8) is 0 Å². The van der Waals surface area contributed by atoms with Gasteiger partial charge in [0, 0.05) is 23.7 Å². The summed E-state index contributed by atoms with van der Waals surface area (Å²) in [5, 5.41) is 14.0. The maximum Gasteiger partial charge on any atom is 0.271 e. The van der Waals surface area contributed by atoms with E-state index in [9.17, 15) is 14.7 Å². The van der Waals surface area contributed by atoms with Gasteiger partial charge < -0.3 is 20.9 Å². The fourth-order valence-corrected chi connectivity index (χ4v) is 3.74. The number of benzene rings is 2. The van der Waals surface area contributed by atoms with Gasteiger partial charge in [-0.25, -0.2) is 0 Å². The van der Waals surface area contributed by atoms with Crippen molar-refractivity contribution < 1.29 is 19.4 Å². The number of ketones is 1. The first-order chi connectivity index (χ1) is 11.3. The first-order valence-electron chi connectivity index (χ1n) is 7.56. The van der Waals surface area contributed by atoms with Crippen molar-refractivity contribution in [2.45, 2.75) is 25.2 Å². The second-order valence-corrected chi connectivity index (χ2v) is 6.28. The Kier molecular flexibility index (Phi) is 2.67. The maximum absolute atomic E-state index is 13.3. The average molecular weight is 324 g/mol. The third kappa shape index (κ3) is 1.48. The zero-order valence-corrected chi connectivity index (χ0v) is 13.2. The molecule has 2 aliphatic rings. The first kappa shape index (κ1) is 14.7. The summed E-state index contributed by atoms with van der Waals surface area (Å²) >= 11 is 0. The van der Waals surface area contributed by atoms with E-state index in [4.69, 9.17) is 10.5 Å². The van der Waals surface area contributed by atoms with Crippen molar-refractivity contribution in [3.8, 4) is 5.75 Å². The zero-order chi connectivity index (χ0) is 17.3. The molecule has 0 radical (unpaired) electrons. The van der Waals surface area contributed by atoms with Crippen LogP contribution in [-0.2, 0) is 16.1 Å². The van der Waals surface area contributed by atoms with Crippen LogP contribution in [0.5, 0.6) is 5.75 Å². The van der Waals surface area contributed by atoms with Gasteiger partial charge in [-0.3, -0.25) is 9.59 Å². The number of rotatable bonds is 1. The second-order valence-electron chi connectivity index (χ2n) is 6.28. The second kappa shape index (κ2) is 4.36. The van der Waals surface area contributed by atoms with Crippen LogP contribution >= 0.6 is 0 Å². The fraction of sp³-hybridized carbons (Fsp3) is 0.222. The molecule has 1 aliphatic heterocycles. The van der Waals surface area contributed by atoms with E-state index in [1.54, 1.807) is 36.4 Å². The number of fused-ring (bicyclic) bond motifs is 5. The van der Waals surface area contributed by atoms with Crippen LogP contribution in [0.25, 0.3) is 0 Å². The fourth-order valence-electron chi connectivity index (χ4n) is 3.74. The van der Waals surface area contributed by atoms with Crippen molar-refractivity contribution in [1.82, 2.24) is 5.32 Å². The van der Waals surface area contributed by atoms with E-state index in [1.807, 2.05) is 6.92 Å². The number of nitrogens with two attached hydrogens (primary N) is 1. The summed E-state index contributed by atoms with van der Waals surface area (Å²) in [4.78, 5) is 25.2. The summed E-state index contributed by atoms with van der Waals surface area (Å²) in [7, 11) is 0. The highest BCUT2D eigenvalue weighted by atomic mass is 16.6. The lowest BCUT2D eigenvalue weighted by atomic mass is 9.82. The molecular formula is C18H16N2O4. The van der Waals surface area contributed by atoms with Crippen molar-refractivity contribution >= 4 is 17.4 Å². The van der Waals surface area contributed by atoms with Gasteiger partial charge in [0.25, 0.3) is 5.79 Å². The molecule has 6 heteroatoms. The molecule has 0 aromatic heterocycles. The molecule has 24 heavy (non-hydrogen) atoms. The van der Waals surface area contributed by atoms with Crippen LogP contribution in [0, 0.1) is 6.92 Å². The molecule has 2 aromatic rings. The number of amides is 1. The summed E-state index contributed by atoms with van der Waals surface area (Å²) in [5.74, 6) is -2.59. The molecule has 0 saturated heterocycles. The lowest BCUT2D eigenvalue weighted by molar-refractivity contribution is -0.175. The summed E-state index contributed by atoms with van der Waals surface area (Å²) < 4.78 is 5.82. The van der Waals surface area contributed by atoms with Crippen molar-refractivity contribution in [1.29, 1.82) is 0 Å². The normalized spacial score (nSPS) is 26.4. The molecule has 2 aromatic carbocycles. The topological polar surface area (TPSA) is 102 Å². The summed E-state index contributed by atoms with van der Waals surface area (Å²) in [6.07, 6.45) is 0. The number of hydrogen-bond donors (Lipinski definition) is 3. The molecule has 4 N–H and O–H groups in total. The summed E-state index contributed by atoms with van der Waals surface area (Å²) in [6.45, 7) is 3.17. The van der Waals surface area contributed by atoms with Crippen LogP contribution < -0.4 is 15.8 Å². The van der Waals surface area contributed by atoms with Crippen molar-refractivity contribution in [3.05, 3.63) is 58.7 Å². The van der Waals surface area contributed by atoms with Crippen LogP contribution in [0.4, 0.5) is 5.69 Å². The zero-order valence-electron chi connectivity index (χ0n) is 13.2. The van der Waals surface area contributed by atoms with Gasteiger partial charge in [-0.15, -0.1) is 0 Å². The number of ether oxygens (including phenoxy) is 1. The van der Waals surface area contributed by atoms with Gasteiger partial charge in [-0.2, -0.15) is 0 Å². The predicted molar refractivity (Wildman–Crippen MR) is 86.4 cm³/mol. The largest absolute Gasteiger partial charge is 0.454 e. The molecule has 2 unspecified atom stereocenters. The quantitative estimate of drug-likeness (QED) is 0.687. The Labute approximate surface area is 138 Å². The lowest BCUT2D eigenvalue weighted by Gasteiger charge is -2.34. The van der Waals surface area contributed by atoms with Crippen LogP contribution in [0.1, 0.15) is 34.0 Å². The van der Waals surface area contributed by atoms with E-state index >= 15 is 0 Å². The number of hydrogen-bond acceptors (Lipinski definition) is 5. The van der Waals surface area contributed by atoms with E-state index in [1.165, 1.54) is 6.92 Å². The lowest BCUT2D eigenvalue weighted by Crippen LogP contribution is -2.59. The van der Waals surface area contributed by atoms with E-state index in [-0.39, 0.29) is 16.8 Å². The van der Waals surface area contributed by atoms with Gasteiger partial charge in [0.1, 0.15) is 5.75 Å². The number of anilines is 1. The molecule has 0 fully saturated rings. The number of carbonyl (C=O) groups is 2. The standard InChI is InChI=1S/C18H16N2O4/c1-9-6-7-11-14(8-9)24-18(23)12-4-3-5-13(19)15(12)16(22)17(11,18)20-10(2)21/h3-8,23H,19H2,1-2H3,(H,20,21). The molecule has 2 atom stereocenters. The Morgan fingerprint density at radius 1 is 1.25 bits per heavy atom. The predicted octanol–water partition coefficient (Wildman–Crippen LogP) is 1.34. The van der Waals surface area contributed by atoms with Gasteiger partial charge in [0.15, 0.2) is 0 Å². The minimum atomic E-state index is -2.03. The molecule has 0 saturated carbocycles. The smallest absolute Gasteiger partial charge is 0.271 e. The van der Waals surface area contributed by atoms with Crippen LogP contribution in [0.15, 0.2) is 36.4 Å². The van der Waals surface area contributed by atoms with Gasteiger partial charge >= 0.3 is 0 Å². The minimum Gasteiger partial charge on any atom is -0.454 e. The van der Waals surface area contributed by atoms with E-state index in [2.05, 4.69) is 5.32 Å². The number of carbonyl (C=O) groups excluding carboxylic acids is 2. The number of nitrogens with one attached hydrogen (secondary N) is 1. The average Bonchev–Trinajstić information content (AvgIpc) is 2.84. The Bertz CT molecular complexity index is 923. The first-order valence-corrected chi connectivity index (χ1v) is 7.56. The highest BCUT2D eigenvalue weighted by Gasteiger charge is 2.71. The molecule has 0 spiro atoms. The van der Waals surface area contributed by atoms with Crippen LogP contribution in [-0.4, -0.2) is 16.8 Å². The molecule has 1 aliphatic carbocycles. The van der Waals surface area contributed by atoms with E-state index < -0.39 is 23.0 Å². The number of Topliss-reactive ketones (excluding diaryl/α,β-unsaturated/α-hetero) is 1. The maximum atomic E-state index is 13.3. The summed E-state index contributed by atoms with van der Waals surface area (Å²) in [6, 6.07) is 10.0. The van der Waals surface area contributed by atoms with Gasteiger partial charge in [-0.05, 0) is 24.6 Å². The van der Waals surface area contributed by atoms with Crippen molar-refractivity contribution in [2.75, 3.05) is 5.73 Å². The third-order valence-electron chi connectivity index (χ3n) is 4.70. The Balaban J connectivity index is 2.08. The molecule has 1 heterocycles. The SMILES string of the molecule is CC(=O)NC12C(=O)c3c(N)cccc3C1(O)Oc1cc(C)ccc12. The van der Waals surface area contributed by atoms with Crippen LogP contribution in [0.3, 0.4) is 0 Å². The Morgan fingerprint density at radius 2 is 2.00 bits per heavy atom. The minimum absolute atomic E-state index is 0.181. The molecular weight excluding hydrogens is 308 g/mol. The van der Waals surface area contributed by atoms with Gasteiger partial charge in [-0.1, -0.05) is 24.3 Å². The van der Waals surface area contributed by atoms with Gasteiger partial charge in [0.2, 0.25) is 17.2 Å². The number of nitrogen functional groups attached to an aromatic ring is 1. The molecule has 4 rings (SSSR count). The van der Waals surface area contributed by atoms with Crippen LogP contribution in [0.2, 0.25) is 0 Å².